The fourth-order valence-corrected chi connectivity index (χ4v) is 3.91. The summed E-state index contributed by atoms with van der Waals surface area (Å²) >= 11 is 0. The molecule has 0 atom stereocenters. The molecule has 1 saturated heterocycles. The van der Waals surface area contributed by atoms with Crippen LogP contribution in [0.25, 0.3) is 0 Å². The van der Waals surface area contributed by atoms with Crippen LogP contribution in [0.5, 0.6) is 5.75 Å². The Morgan fingerprint density at radius 1 is 1.06 bits per heavy atom. The number of piperazine rings is 1. The molecular weight excluding hydrogens is 517 g/mol. The van der Waals surface area contributed by atoms with E-state index in [0.29, 0.717) is 19.6 Å². The lowest BCUT2D eigenvalue weighted by molar-refractivity contribution is -0.0172. The molecule has 0 amide bonds. The van der Waals surface area contributed by atoms with E-state index in [9.17, 15) is 8.78 Å². The predicted octanol–water partition coefficient (Wildman–Crippen LogP) is 3.39. The minimum Gasteiger partial charge on any atom is -0.467 e. The number of hydrogen-bond donors (Lipinski definition) is 1. The summed E-state index contributed by atoms with van der Waals surface area (Å²) in [5.74, 6) is 1.05. The molecule has 0 saturated carbocycles. The van der Waals surface area contributed by atoms with Gasteiger partial charge in [-0.25, -0.2) is 8.78 Å². The molecular formula is C22H27F2IN4O2. The first kappa shape index (κ1) is 23.5. The Morgan fingerprint density at radius 2 is 1.81 bits per heavy atom. The third-order valence-corrected chi connectivity index (χ3v) is 5.41. The van der Waals surface area contributed by atoms with E-state index in [1.54, 1.807) is 7.05 Å². The second kappa shape index (κ2) is 10.9. The maximum atomic E-state index is 13.9. The molecule has 0 spiro atoms. The third kappa shape index (κ3) is 5.76. The van der Waals surface area contributed by atoms with Crippen molar-refractivity contribution in [1.82, 2.24) is 10.2 Å². The summed E-state index contributed by atoms with van der Waals surface area (Å²) in [6.07, 6.45) is 0.620. The summed E-state index contributed by atoms with van der Waals surface area (Å²) in [5, 5.41) is 3.37. The van der Waals surface area contributed by atoms with Crippen molar-refractivity contribution in [2.45, 2.75) is 13.0 Å². The van der Waals surface area contributed by atoms with Gasteiger partial charge in [-0.05, 0) is 48.4 Å². The summed E-state index contributed by atoms with van der Waals surface area (Å²) in [6.45, 7) is 4.46. The van der Waals surface area contributed by atoms with Gasteiger partial charge in [-0.3, -0.25) is 4.99 Å². The Bertz CT molecular complexity index is 903. The smallest absolute Gasteiger partial charge is 0.193 e. The molecule has 6 nitrogen and oxygen atoms in total. The van der Waals surface area contributed by atoms with Crippen LogP contribution in [0.3, 0.4) is 0 Å². The highest BCUT2D eigenvalue weighted by Crippen LogP contribution is 2.29. The SMILES string of the molecule is CN=C(NCCc1cc(F)cc2c1OCOC2)N1CCN(c2ccc(F)cc2)CC1.I. The quantitative estimate of drug-likeness (QED) is 0.364. The zero-order valence-electron chi connectivity index (χ0n) is 17.4. The van der Waals surface area contributed by atoms with Crippen LogP contribution in [0.1, 0.15) is 11.1 Å². The van der Waals surface area contributed by atoms with Crippen molar-refractivity contribution < 1.29 is 18.3 Å². The van der Waals surface area contributed by atoms with E-state index < -0.39 is 0 Å². The van der Waals surface area contributed by atoms with Crippen molar-refractivity contribution in [2.75, 3.05) is 51.5 Å². The van der Waals surface area contributed by atoms with Gasteiger partial charge >= 0.3 is 0 Å². The molecule has 2 aliphatic heterocycles. The highest BCUT2D eigenvalue weighted by molar-refractivity contribution is 14.0. The van der Waals surface area contributed by atoms with E-state index in [1.165, 1.54) is 24.3 Å². The van der Waals surface area contributed by atoms with Crippen molar-refractivity contribution in [2.24, 2.45) is 4.99 Å². The molecule has 0 aromatic heterocycles. The first-order chi connectivity index (χ1) is 14.6. The Hall–Kier alpha value is -2.14. The van der Waals surface area contributed by atoms with Gasteiger partial charge in [-0.2, -0.15) is 0 Å². The van der Waals surface area contributed by atoms with Crippen molar-refractivity contribution in [1.29, 1.82) is 0 Å². The number of nitrogens with zero attached hydrogens (tertiary/aromatic N) is 3. The Balaban J connectivity index is 0.00000272. The normalized spacial score (nSPS) is 16.3. The van der Waals surface area contributed by atoms with Crippen molar-refractivity contribution >= 4 is 35.6 Å². The second-order valence-electron chi connectivity index (χ2n) is 7.34. The number of ether oxygens (including phenoxy) is 2. The molecule has 2 aromatic rings. The molecule has 2 heterocycles. The van der Waals surface area contributed by atoms with Gasteiger partial charge in [0.15, 0.2) is 12.8 Å². The summed E-state index contributed by atoms with van der Waals surface area (Å²) < 4.78 is 37.9. The number of hydrogen-bond acceptors (Lipinski definition) is 4. The maximum absolute atomic E-state index is 13.9. The number of fused-ring (bicyclic) bond motifs is 1. The first-order valence-corrected chi connectivity index (χ1v) is 10.1. The fraction of sp³-hybridized carbons (Fsp3) is 0.409. The molecule has 2 aromatic carbocycles. The number of guanidine groups is 1. The summed E-state index contributed by atoms with van der Waals surface area (Å²) in [4.78, 5) is 8.83. The Kier molecular flexibility index (Phi) is 8.30. The number of aliphatic imine (C=N–C) groups is 1. The maximum Gasteiger partial charge on any atom is 0.193 e. The van der Waals surface area contributed by atoms with E-state index in [4.69, 9.17) is 9.47 Å². The van der Waals surface area contributed by atoms with E-state index in [2.05, 4.69) is 20.1 Å². The van der Waals surface area contributed by atoms with Gasteiger partial charge < -0.3 is 24.6 Å². The number of nitrogens with one attached hydrogen (secondary N) is 1. The zero-order valence-corrected chi connectivity index (χ0v) is 19.8. The Labute approximate surface area is 198 Å². The van der Waals surface area contributed by atoms with Crippen molar-refractivity contribution in [3.05, 3.63) is 59.2 Å². The van der Waals surface area contributed by atoms with E-state index in [0.717, 1.165) is 54.7 Å². The van der Waals surface area contributed by atoms with Crippen LogP contribution in [-0.2, 0) is 17.8 Å². The lowest BCUT2D eigenvalue weighted by Gasteiger charge is -2.37. The minimum atomic E-state index is -0.279. The average molecular weight is 544 g/mol. The fourth-order valence-electron chi connectivity index (χ4n) is 3.91. The van der Waals surface area contributed by atoms with Gasteiger partial charge in [0, 0.05) is 51.0 Å². The standard InChI is InChI=1S/C22H26F2N4O2.HI/c1-25-22(28-10-8-27(9-11-28)20-4-2-18(23)3-5-20)26-7-6-16-12-19(24)13-17-14-29-15-30-21(16)17;/h2-5,12-13H,6-11,14-15H2,1H3,(H,25,26);1H. The summed E-state index contributed by atoms with van der Waals surface area (Å²) in [6, 6.07) is 9.59. The van der Waals surface area contributed by atoms with E-state index in [1.807, 2.05) is 12.1 Å². The Morgan fingerprint density at radius 3 is 2.52 bits per heavy atom. The van der Waals surface area contributed by atoms with Gasteiger partial charge in [0.05, 0.1) is 6.61 Å². The second-order valence-corrected chi connectivity index (χ2v) is 7.34. The number of halogens is 3. The molecule has 31 heavy (non-hydrogen) atoms. The van der Waals surface area contributed by atoms with Gasteiger partial charge in [0.25, 0.3) is 0 Å². The third-order valence-electron chi connectivity index (χ3n) is 5.41. The van der Waals surface area contributed by atoms with E-state index >= 15 is 0 Å². The van der Waals surface area contributed by atoms with Gasteiger partial charge in [0.2, 0.25) is 0 Å². The number of rotatable bonds is 4. The summed E-state index contributed by atoms with van der Waals surface area (Å²) in [7, 11) is 1.76. The molecule has 2 aliphatic rings. The van der Waals surface area contributed by atoms with Crippen LogP contribution in [0.15, 0.2) is 41.4 Å². The van der Waals surface area contributed by atoms with E-state index in [-0.39, 0.29) is 42.4 Å². The first-order valence-electron chi connectivity index (χ1n) is 10.1. The minimum absolute atomic E-state index is 0. The zero-order chi connectivity index (χ0) is 20.9. The molecule has 168 valence electrons. The van der Waals surface area contributed by atoms with Crippen LogP contribution in [-0.4, -0.2) is 57.4 Å². The lowest BCUT2D eigenvalue weighted by atomic mass is 10.1. The largest absolute Gasteiger partial charge is 0.467 e. The average Bonchev–Trinajstić information content (AvgIpc) is 2.77. The molecule has 9 heteroatoms. The van der Waals surface area contributed by atoms with Gasteiger partial charge in [-0.1, -0.05) is 0 Å². The highest BCUT2D eigenvalue weighted by Gasteiger charge is 2.21. The summed E-state index contributed by atoms with van der Waals surface area (Å²) in [5.41, 5.74) is 2.61. The molecule has 1 N–H and O–H groups in total. The molecule has 0 radical (unpaired) electrons. The molecule has 0 bridgehead atoms. The number of anilines is 1. The molecule has 1 fully saturated rings. The topological polar surface area (TPSA) is 49.3 Å². The predicted molar refractivity (Wildman–Crippen MR) is 127 cm³/mol. The van der Waals surface area contributed by atoms with Crippen LogP contribution < -0.4 is 15.0 Å². The van der Waals surface area contributed by atoms with Crippen LogP contribution in [0.2, 0.25) is 0 Å². The molecule has 0 unspecified atom stereocenters. The van der Waals surface area contributed by atoms with Crippen LogP contribution in [0, 0.1) is 11.6 Å². The highest BCUT2D eigenvalue weighted by atomic mass is 127. The number of benzene rings is 2. The molecule has 4 rings (SSSR count). The van der Waals surface area contributed by atoms with Gasteiger partial charge in [0.1, 0.15) is 17.4 Å². The monoisotopic (exact) mass is 544 g/mol. The lowest BCUT2D eigenvalue weighted by Crippen LogP contribution is -2.52. The van der Waals surface area contributed by atoms with Gasteiger partial charge in [-0.15, -0.1) is 24.0 Å². The van der Waals surface area contributed by atoms with Crippen LogP contribution in [0.4, 0.5) is 14.5 Å². The van der Waals surface area contributed by atoms with Crippen molar-refractivity contribution in [3.8, 4) is 5.75 Å². The van der Waals surface area contributed by atoms with Crippen LogP contribution >= 0.6 is 24.0 Å². The molecule has 0 aliphatic carbocycles. The van der Waals surface area contributed by atoms with Crippen molar-refractivity contribution in [3.63, 3.8) is 0 Å².